The molecule has 0 aliphatic carbocycles. The molecule has 0 atom stereocenters. The summed E-state index contributed by atoms with van der Waals surface area (Å²) in [4.78, 5) is 9.78. The highest BCUT2D eigenvalue weighted by molar-refractivity contribution is 4.40. The Morgan fingerprint density at radius 2 is 1.64 bits per heavy atom. The standard InChI is InChI=1S/C8H19NO2/c1-4-5-6-7-8-9(10-2)11-3/h4-8H2,1-3H3. The highest BCUT2D eigenvalue weighted by Gasteiger charge is 1.98. The molecule has 0 radical (unpaired) electrons. The van der Waals surface area contributed by atoms with Crippen LogP contribution in [-0.2, 0) is 9.68 Å². The van der Waals surface area contributed by atoms with E-state index < -0.39 is 0 Å². The Labute approximate surface area is 69.2 Å². The summed E-state index contributed by atoms with van der Waals surface area (Å²) in [5.41, 5.74) is 0. The Morgan fingerprint density at radius 1 is 1.00 bits per heavy atom. The topological polar surface area (TPSA) is 21.7 Å². The van der Waals surface area contributed by atoms with Crippen molar-refractivity contribution >= 4 is 0 Å². The highest BCUT2D eigenvalue weighted by Crippen LogP contribution is 2.00. The van der Waals surface area contributed by atoms with Crippen molar-refractivity contribution in [2.24, 2.45) is 0 Å². The van der Waals surface area contributed by atoms with E-state index in [4.69, 9.17) is 9.68 Å². The molecule has 0 heterocycles. The van der Waals surface area contributed by atoms with Crippen LogP contribution >= 0.6 is 0 Å². The lowest BCUT2D eigenvalue weighted by Gasteiger charge is -2.15. The van der Waals surface area contributed by atoms with E-state index in [0.29, 0.717) is 0 Å². The second-order valence-electron chi connectivity index (χ2n) is 2.48. The van der Waals surface area contributed by atoms with Crippen LogP contribution in [0.3, 0.4) is 0 Å². The Hall–Kier alpha value is -0.120. The molecular formula is C8H19NO2. The largest absolute Gasteiger partial charge is 0.278 e. The zero-order valence-electron chi connectivity index (χ0n) is 7.80. The van der Waals surface area contributed by atoms with Crippen molar-refractivity contribution in [3.8, 4) is 0 Å². The molecule has 0 saturated heterocycles. The van der Waals surface area contributed by atoms with Gasteiger partial charge in [0.05, 0.1) is 20.8 Å². The van der Waals surface area contributed by atoms with Gasteiger partial charge in [-0.05, 0) is 6.42 Å². The molecule has 0 fully saturated rings. The third-order valence-corrected chi connectivity index (χ3v) is 1.60. The first-order valence-corrected chi connectivity index (χ1v) is 4.20. The minimum Gasteiger partial charge on any atom is -0.278 e. The second-order valence-corrected chi connectivity index (χ2v) is 2.48. The average Bonchev–Trinajstić information content (AvgIpc) is 2.05. The maximum absolute atomic E-state index is 4.89. The summed E-state index contributed by atoms with van der Waals surface area (Å²) in [6.07, 6.45) is 4.94. The van der Waals surface area contributed by atoms with E-state index in [9.17, 15) is 0 Å². The van der Waals surface area contributed by atoms with Crippen LogP contribution in [0.25, 0.3) is 0 Å². The maximum atomic E-state index is 4.89. The molecule has 3 heteroatoms. The van der Waals surface area contributed by atoms with Crippen LogP contribution in [0.1, 0.15) is 32.6 Å². The minimum absolute atomic E-state index is 0.854. The smallest absolute Gasteiger partial charge is 0.0601 e. The molecule has 11 heavy (non-hydrogen) atoms. The van der Waals surface area contributed by atoms with Gasteiger partial charge in [-0.2, -0.15) is 0 Å². The van der Waals surface area contributed by atoms with Crippen LogP contribution in [0.15, 0.2) is 0 Å². The van der Waals surface area contributed by atoms with Crippen molar-refractivity contribution in [3.63, 3.8) is 0 Å². The first-order valence-electron chi connectivity index (χ1n) is 4.20. The highest BCUT2D eigenvalue weighted by atomic mass is 16.9. The van der Waals surface area contributed by atoms with Crippen molar-refractivity contribution in [1.29, 1.82) is 0 Å². The summed E-state index contributed by atoms with van der Waals surface area (Å²) in [5.74, 6) is 0. The lowest BCUT2D eigenvalue weighted by molar-refractivity contribution is -0.342. The van der Waals surface area contributed by atoms with Gasteiger partial charge in [-0.15, -0.1) is 0 Å². The molecule has 0 N–H and O–H groups in total. The van der Waals surface area contributed by atoms with Crippen LogP contribution in [0.2, 0.25) is 0 Å². The molecule has 0 spiro atoms. The van der Waals surface area contributed by atoms with Gasteiger partial charge in [0, 0.05) is 0 Å². The van der Waals surface area contributed by atoms with Gasteiger partial charge in [-0.25, -0.2) is 0 Å². The molecule has 0 saturated carbocycles. The van der Waals surface area contributed by atoms with E-state index in [2.05, 4.69) is 6.92 Å². The molecule has 0 aliphatic rings. The first-order chi connectivity index (χ1) is 5.35. The van der Waals surface area contributed by atoms with Crippen LogP contribution in [-0.4, -0.2) is 26.0 Å². The van der Waals surface area contributed by atoms with E-state index in [-0.39, 0.29) is 0 Å². The monoisotopic (exact) mass is 161 g/mol. The fraction of sp³-hybridized carbons (Fsp3) is 1.00. The lowest BCUT2D eigenvalue weighted by Crippen LogP contribution is -2.21. The van der Waals surface area contributed by atoms with Gasteiger partial charge >= 0.3 is 0 Å². The van der Waals surface area contributed by atoms with Gasteiger partial charge in [-0.1, -0.05) is 31.4 Å². The van der Waals surface area contributed by atoms with E-state index >= 15 is 0 Å². The summed E-state index contributed by atoms with van der Waals surface area (Å²) >= 11 is 0. The lowest BCUT2D eigenvalue weighted by atomic mass is 10.2. The van der Waals surface area contributed by atoms with Crippen molar-refractivity contribution in [3.05, 3.63) is 0 Å². The predicted molar refractivity (Wildman–Crippen MR) is 44.9 cm³/mol. The Bertz CT molecular complexity index is 74.5. The summed E-state index contributed by atoms with van der Waals surface area (Å²) in [6, 6.07) is 0. The number of rotatable bonds is 7. The molecule has 68 valence electrons. The quantitative estimate of drug-likeness (QED) is 0.421. The van der Waals surface area contributed by atoms with Crippen molar-refractivity contribution in [2.75, 3.05) is 20.8 Å². The molecule has 3 nitrogen and oxygen atoms in total. The second kappa shape index (κ2) is 7.98. The number of hydrogen-bond donors (Lipinski definition) is 0. The molecular weight excluding hydrogens is 142 g/mol. The van der Waals surface area contributed by atoms with Gasteiger partial charge in [-0.3, -0.25) is 9.68 Å². The third kappa shape index (κ3) is 6.28. The van der Waals surface area contributed by atoms with Gasteiger partial charge in [0.25, 0.3) is 0 Å². The molecule has 0 bridgehead atoms. The molecule has 0 aromatic carbocycles. The van der Waals surface area contributed by atoms with Gasteiger partial charge < -0.3 is 0 Å². The van der Waals surface area contributed by atoms with E-state index in [0.717, 1.165) is 13.0 Å². The SMILES string of the molecule is CCCCCCN(OC)OC. The van der Waals surface area contributed by atoms with Gasteiger partial charge in [0.15, 0.2) is 0 Å². The maximum Gasteiger partial charge on any atom is 0.0601 e. The summed E-state index contributed by atoms with van der Waals surface area (Å²) in [5, 5.41) is 1.50. The normalized spacial score (nSPS) is 10.9. The van der Waals surface area contributed by atoms with Crippen LogP contribution in [0.4, 0.5) is 0 Å². The average molecular weight is 161 g/mol. The molecule has 0 rings (SSSR count). The summed E-state index contributed by atoms with van der Waals surface area (Å²) < 4.78 is 0. The molecule has 0 unspecified atom stereocenters. The van der Waals surface area contributed by atoms with E-state index in [1.54, 1.807) is 14.2 Å². The summed E-state index contributed by atoms with van der Waals surface area (Å²) in [6.45, 7) is 3.05. The Balaban J connectivity index is 3.07. The predicted octanol–water partition coefficient (Wildman–Crippen LogP) is 1.99. The van der Waals surface area contributed by atoms with Crippen molar-refractivity contribution in [2.45, 2.75) is 32.6 Å². The Morgan fingerprint density at radius 3 is 2.09 bits per heavy atom. The third-order valence-electron chi connectivity index (χ3n) is 1.60. The van der Waals surface area contributed by atoms with Crippen LogP contribution in [0.5, 0.6) is 0 Å². The molecule has 0 aliphatic heterocycles. The van der Waals surface area contributed by atoms with Crippen molar-refractivity contribution < 1.29 is 9.68 Å². The van der Waals surface area contributed by atoms with Crippen LogP contribution < -0.4 is 0 Å². The van der Waals surface area contributed by atoms with Crippen LogP contribution in [0, 0.1) is 0 Å². The van der Waals surface area contributed by atoms with Gasteiger partial charge in [0.1, 0.15) is 0 Å². The number of nitrogens with zero attached hydrogens (tertiary/aromatic N) is 1. The van der Waals surface area contributed by atoms with Crippen molar-refractivity contribution in [1.82, 2.24) is 5.23 Å². The first kappa shape index (κ1) is 10.9. The van der Waals surface area contributed by atoms with Gasteiger partial charge in [0.2, 0.25) is 0 Å². The fourth-order valence-corrected chi connectivity index (χ4v) is 0.925. The zero-order chi connectivity index (χ0) is 8.53. The Kier molecular flexibility index (Phi) is 7.89. The molecule has 0 aromatic rings. The number of hydrogen-bond acceptors (Lipinski definition) is 3. The fourth-order valence-electron chi connectivity index (χ4n) is 0.925. The van der Waals surface area contributed by atoms with E-state index in [1.165, 1.54) is 24.5 Å². The minimum atomic E-state index is 0.854. The zero-order valence-corrected chi connectivity index (χ0v) is 7.80. The summed E-state index contributed by atoms with van der Waals surface area (Å²) in [7, 11) is 3.23. The number of unbranched alkanes of at least 4 members (excludes halogenated alkanes) is 3. The van der Waals surface area contributed by atoms with E-state index in [1.807, 2.05) is 0 Å². The molecule has 0 amide bonds. The number of hydroxylamine groups is 2. The molecule has 0 aromatic heterocycles.